The molecule has 1 amide bonds. The molecule has 0 fully saturated rings. The van der Waals surface area contributed by atoms with Gasteiger partial charge in [-0.15, -0.1) is 0 Å². The van der Waals surface area contributed by atoms with E-state index in [0.29, 0.717) is 17.8 Å². The monoisotopic (exact) mass is 369 g/mol. The minimum Gasteiger partial charge on any atom is -0.311 e. The molecule has 0 saturated carbocycles. The molecular weight excluding hydrogens is 350 g/mol. The van der Waals surface area contributed by atoms with Gasteiger partial charge in [0.15, 0.2) is 0 Å². The third kappa shape index (κ3) is 3.16. The lowest BCUT2D eigenvalue weighted by atomic mass is 9.87. The average Bonchev–Trinajstić information content (AvgIpc) is 2.86. The van der Waals surface area contributed by atoms with E-state index in [1.165, 1.54) is 19.1 Å². The molecule has 1 heterocycles. The highest BCUT2D eigenvalue weighted by molar-refractivity contribution is 7.92. The Morgan fingerprint density at radius 2 is 1.96 bits per heavy atom. The third-order valence-corrected chi connectivity index (χ3v) is 5.85. The first-order valence-corrected chi connectivity index (χ1v) is 9.58. The van der Waals surface area contributed by atoms with Crippen LogP contribution in [0.2, 0.25) is 0 Å². The first kappa shape index (κ1) is 18.0. The molecule has 0 radical (unpaired) electrons. The maximum absolute atomic E-state index is 12.8. The topological polar surface area (TPSA) is 90.3 Å². The molecule has 2 aromatic carbocycles. The van der Waals surface area contributed by atoms with Gasteiger partial charge in [0.2, 0.25) is 5.91 Å². The van der Waals surface area contributed by atoms with Gasteiger partial charge in [0.05, 0.1) is 22.2 Å². The number of benzene rings is 2. The van der Waals surface area contributed by atoms with Crippen LogP contribution in [-0.2, 0) is 20.2 Å². The number of anilines is 2. The van der Waals surface area contributed by atoms with Gasteiger partial charge < -0.3 is 4.90 Å². The predicted octanol–water partition coefficient (Wildman–Crippen LogP) is 3.00. The van der Waals surface area contributed by atoms with E-state index in [1.807, 2.05) is 19.9 Å². The number of nitriles is 1. The molecular formula is C19H19N3O3S. The van der Waals surface area contributed by atoms with Gasteiger partial charge in [-0.3, -0.25) is 9.52 Å². The number of fused-ring (bicyclic) bond motifs is 1. The van der Waals surface area contributed by atoms with Crippen LogP contribution in [0.1, 0.15) is 31.9 Å². The van der Waals surface area contributed by atoms with E-state index in [1.54, 1.807) is 35.2 Å². The van der Waals surface area contributed by atoms with Crippen molar-refractivity contribution < 1.29 is 13.2 Å². The van der Waals surface area contributed by atoms with Crippen molar-refractivity contribution in [3.63, 3.8) is 0 Å². The zero-order chi connectivity index (χ0) is 19.1. The van der Waals surface area contributed by atoms with Gasteiger partial charge in [0.1, 0.15) is 0 Å². The minimum atomic E-state index is -3.81. The zero-order valence-electron chi connectivity index (χ0n) is 14.8. The molecule has 6 nitrogen and oxygen atoms in total. The second-order valence-corrected chi connectivity index (χ2v) is 8.65. The van der Waals surface area contributed by atoms with Crippen LogP contribution in [0.4, 0.5) is 11.4 Å². The predicted molar refractivity (Wildman–Crippen MR) is 99.5 cm³/mol. The van der Waals surface area contributed by atoms with Crippen molar-refractivity contribution in [1.29, 1.82) is 5.26 Å². The lowest BCUT2D eigenvalue weighted by Crippen LogP contribution is -2.31. The number of sulfonamides is 1. The molecule has 0 unspecified atom stereocenters. The van der Waals surface area contributed by atoms with Crippen LogP contribution in [0, 0.1) is 11.3 Å². The summed E-state index contributed by atoms with van der Waals surface area (Å²) in [5.41, 5.74) is 1.92. The molecule has 1 aliphatic heterocycles. The maximum atomic E-state index is 12.8. The van der Waals surface area contributed by atoms with Crippen LogP contribution in [-0.4, -0.2) is 20.9 Å². The molecule has 134 valence electrons. The van der Waals surface area contributed by atoms with Crippen molar-refractivity contribution in [3.8, 4) is 6.07 Å². The molecule has 0 aromatic heterocycles. The van der Waals surface area contributed by atoms with Crippen LogP contribution in [0.3, 0.4) is 0 Å². The van der Waals surface area contributed by atoms with Crippen molar-refractivity contribution in [2.75, 3.05) is 16.2 Å². The Morgan fingerprint density at radius 1 is 1.23 bits per heavy atom. The fraction of sp³-hybridized carbons (Fsp3) is 0.263. The van der Waals surface area contributed by atoms with Crippen molar-refractivity contribution >= 4 is 27.3 Å². The molecule has 0 aliphatic carbocycles. The molecule has 3 rings (SSSR count). The van der Waals surface area contributed by atoms with E-state index in [9.17, 15) is 13.2 Å². The third-order valence-electron chi connectivity index (χ3n) is 4.48. The molecule has 7 heteroatoms. The van der Waals surface area contributed by atoms with Gasteiger partial charge in [-0.05, 0) is 42.0 Å². The van der Waals surface area contributed by atoms with Crippen LogP contribution in [0.5, 0.6) is 0 Å². The summed E-state index contributed by atoms with van der Waals surface area (Å²) in [4.78, 5) is 13.6. The Kier molecular flexibility index (Phi) is 4.24. The van der Waals surface area contributed by atoms with Crippen molar-refractivity contribution in [3.05, 3.63) is 53.6 Å². The Bertz CT molecular complexity index is 1040. The zero-order valence-corrected chi connectivity index (χ0v) is 15.6. The number of rotatable bonds is 3. The number of carbonyl (C=O) groups is 1. The average molecular weight is 369 g/mol. The summed E-state index contributed by atoms with van der Waals surface area (Å²) in [6.07, 6.45) is 0. The Hall–Kier alpha value is -2.85. The summed E-state index contributed by atoms with van der Waals surface area (Å²) in [7, 11) is -3.81. The van der Waals surface area contributed by atoms with Crippen LogP contribution < -0.4 is 9.62 Å². The number of hydrogen-bond donors (Lipinski definition) is 1. The van der Waals surface area contributed by atoms with Crippen molar-refractivity contribution in [2.45, 2.75) is 31.1 Å². The first-order chi connectivity index (χ1) is 12.1. The van der Waals surface area contributed by atoms with E-state index >= 15 is 0 Å². The van der Waals surface area contributed by atoms with Crippen LogP contribution in [0.15, 0.2) is 47.4 Å². The number of amides is 1. The Labute approximate surface area is 153 Å². The second-order valence-electron chi connectivity index (χ2n) is 6.97. The Balaban J connectivity index is 2.00. The highest BCUT2D eigenvalue weighted by Gasteiger charge is 2.37. The van der Waals surface area contributed by atoms with Crippen LogP contribution in [0.25, 0.3) is 0 Å². The molecule has 1 N–H and O–H groups in total. The normalized spacial score (nSPS) is 15.2. The smallest absolute Gasteiger partial charge is 0.261 e. The number of nitrogens with zero attached hydrogens (tertiary/aromatic N) is 2. The molecule has 0 spiro atoms. The summed E-state index contributed by atoms with van der Waals surface area (Å²) in [5, 5.41) is 8.95. The molecule has 26 heavy (non-hydrogen) atoms. The molecule has 2 aromatic rings. The molecule has 1 aliphatic rings. The van der Waals surface area contributed by atoms with Crippen molar-refractivity contribution in [1.82, 2.24) is 0 Å². The van der Waals surface area contributed by atoms with Gasteiger partial charge in [0.25, 0.3) is 10.0 Å². The highest BCUT2D eigenvalue weighted by atomic mass is 32.2. The lowest BCUT2D eigenvalue weighted by Gasteiger charge is -2.19. The quantitative estimate of drug-likeness (QED) is 0.900. The van der Waals surface area contributed by atoms with E-state index in [-0.39, 0.29) is 16.2 Å². The van der Waals surface area contributed by atoms with Gasteiger partial charge in [-0.1, -0.05) is 19.9 Å². The molecule has 0 bridgehead atoms. The largest absolute Gasteiger partial charge is 0.311 e. The summed E-state index contributed by atoms with van der Waals surface area (Å²) in [5.74, 6) is -0.0705. The summed E-state index contributed by atoms with van der Waals surface area (Å²) in [6.45, 7) is 5.97. The van der Waals surface area contributed by atoms with Gasteiger partial charge in [-0.25, -0.2) is 8.42 Å². The highest BCUT2D eigenvalue weighted by Crippen LogP contribution is 2.41. The molecule has 0 saturated heterocycles. The second kappa shape index (κ2) is 6.15. The maximum Gasteiger partial charge on any atom is 0.261 e. The van der Waals surface area contributed by atoms with Gasteiger partial charge >= 0.3 is 0 Å². The van der Waals surface area contributed by atoms with E-state index in [2.05, 4.69) is 4.72 Å². The number of nitrogens with one attached hydrogen (secondary N) is 1. The first-order valence-electron chi connectivity index (χ1n) is 8.10. The summed E-state index contributed by atoms with van der Waals surface area (Å²) >= 11 is 0. The van der Waals surface area contributed by atoms with Gasteiger partial charge in [0, 0.05) is 24.6 Å². The lowest BCUT2D eigenvalue weighted by molar-refractivity contribution is -0.116. The fourth-order valence-corrected chi connectivity index (χ4v) is 4.25. The standard InChI is InChI=1S/C19H19N3O3S/c1-13(23)22-12-19(2,3)17-10-16(7-8-18(17)22)26(24,25)21-15-6-4-5-14(9-15)11-20/h4-10,21H,12H2,1-3H3. The Morgan fingerprint density at radius 3 is 2.62 bits per heavy atom. The van der Waals surface area contributed by atoms with Gasteiger partial charge in [-0.2, -0.15) is 5.26 Å². The minimum absolute atomic E-state index is 0.0705. The number of carbonyl (C=O) groups excluding carboxylic acids is 1. The van der Waals surface area contributed by atoms with E-state index < -0.39 is 10.0 Å². The summed E-state index contributed by atoms with van der Waals surface area (Å²) in [6, 6.07) is 13.1. The van der Waals surface area contributed by atoms with E-state index in [4.69, 9.17) is 5.26 Å². The van der Waals surface area contributed by atoms with Crippen molar-refractivity contribution in [2.24, 2.45) is 0 Å². The SMILES string of the molecule is CC(=O)N1CC(C)(C)c2cc(S(=O)(=O)Nc3cccc(C#N)c3)ccc21. The van der Waals surface area contributed by atoms with Crippen LogP contribution >= 0.6 is 0 Å². The number of hydrogen-bond acceptors (Lipinski definition) is 4. The van der Waals surface area contributed by atoms with E-state index in [0.717, 1.165) is 11.3 Å². The molecule has 0 atom stereocenters. The fourth-order valence-electron chi connectivity index (χ4n) is 3.17. The summed E-state index contributed by atoms with van der Waals surface area (Å²) < 4.78 is 28.0.